The lowest BCUT2D eigenvalue weighted by Gasteiger charge is -2.09. The van der Waals surface area contributed by atoms with E-state index in [-0.39, 0.29) is 23.9 Å². The van der Waals surface area contributed by atoms with E-state index >= 15 is 0 Å². The van der Waals surface area contributed by atoms with E-state index in [1.54, 1.807) is 30.3 Å². The zero-order valence-corrected chi connectivity index (χ0v) is 16.0. The normalized spacial score (nSPS) is 11.5. The first-order valence-electron chi connectivity index (χ1n) is 8.58. The Morgan fingerprint density at radius 1 is 1.00 bits per heavy atom. The molecule has 0 aliphatic carbocycles. The Bertz CT molecular complexity index is 1080. The average molecular weight is 383 g/mol. The molecule has 3 aromatic rings. The van der Waals surface area contributed by atoms with Gasteiger partial charge in [-0.2, -0.15) is 0 Å². The molecule has 2 N–H and O–H groups in total. The standard InChI is InChI=1S/C20H21N3O3S/c1-14-7-9-16(10-8-14)27(25,26)22-12-11-21-20(24)19-13-15(2)17-5-3-4-6-18(17)23-19/h3-10,13,22H,11-12H2,1-2H3,(H,21,24). The molecular weight excluding hydrogens is 362 g/mol. The van der Waals surface area contributed by atoms with Crippen LogP contribution in [0, 0.1) is 13.8 Å². The van der Waals surface area contributed by atoms with Crippen molar-refractivity contribution in [2.45, 2.75) is 18.7 Å². The van der Waals surface area contributed by atoms with Gasteiger partial charge in [-0.05, 0) is 43.7 Å². The number of carbonyl (C=O) groups is 1. The van der Waals surface area contributed by atoms with Gasteiger partial charge >= 0.3 is 0 Å². The van der Waals surface area contributed by atoms with Crippen LogP contribution < -0.4 is 10.0 Å². The number of nitrogens with one attached hydrogen (secondary N) is 2. The van der Waals surface area contributed by atoms with E-state index in [1.165, 1.54) is 0 Å². The van der Waals surface area contributed by atoms with E-state index in [0.717, 1.165) is 22.0 Å². The molecule has 1 amide bonds. The van der Waals surface area contributed by atoms with Crippen LogP contribution in [0.15, 0.2) is 59.5 Å². The Hall–Kier alpha value is -2.77. The molecule has 1 aromatic heterocycles. The molecule has 0 spiro atoms. The number of para-hydroxylation sites is 1. The highest BCUT2D eigenvalue weighted by Crippen LogP contribution is 2.17. The molecule has 0 aliphatic rings. The van der Waals surface area contributed by atoms with Crippen LogP contribution in [0.2, 0.25) is 0 Å². The van der Waals surface area contributed by atoms with Crippen LogP contribution in [0.4, 0.5) is 0 Å². The van der Waals surface area contributed by atoms with Crippen molar-refractivity contribution in [1.82, 2.24) is 15.0 Å². The van der Waals surface area contributed by atoms with E-state index < -0.39 is 10.0 Å². The summed E-state index contributed by atoms with van der Waals surface area (Å²) in [6, 6.07) is 15.9. The number of pyridine rings is 1. The van der Waals surface area contributed by atoms with Crippen molar-refractivity contribution in [3.05, 3.63) is 71.4 Å². The summed E-state index contributed by atoms with van der Waals surface area (Å²) >= 11 is 0. The summed E-state index contributed by atoms with van der Waals surface area (Å²) in [7, 11) is -3.59. The fourth-order valence-electron chi connectivity index (χ4n) is 2.72. The van der Waals surface area contributed by atoms with Gasteiger partial charge < -0.3 is 5.32 Å². The maximum absolute atomic E-state index is 12.3. The van der Waals surface area contributed by atoms with Crippen molar-refractivity contribution >= 4 is 26.8 Å². The first-order chi connectivity index (χ1) is 12.9. The third kappa shape index (κ3) is 4.50. The SMILES string of the molecule is Cc1ccc(S(=O)(=O)NCCNC(=O)c2cc(C)c3ccccc3n2)cc1. The maximum Gasteiger partial charge on any atom is 0.269 e. The number of hydrogen-bond acceptors (Lipinski definition) is 4. The second-order valence-electron chi connectivity index (χ2n) is 6.31. The Balaban J connectivity index is 1.59. The van der Waals surface area contributed by atoms with Gasteiger partial charge in [-0.1, -0.05) is 35.9 Å². The predicted molar refractivity (Wildman–Crippen MR) is 105 cm³/mol. The molecule has 6 nitrogen and oxygen atoms in total. The van der Waals surface area contributed by atoms with Crippen LogP contribution in [0.1, 0.15) is 21.6 Å². The van der Waals surface area contributed by atoms with Crippen molar-refractivity contribution in [3.8, 4) is 0 Å². The topological polar surface area (TPSA) is 88.2 Å². The number of benzene rings is 2. The average Bonchev–Trinajstić information content (AvgIpc) is 2.65. The molecule has 0 saturated carbocycles. The summed E-state index contributed by atoms with van der Waals surface area (Å²) < 4.78 is 26.9. The van der Waals surface area contributed by atoms with Crippen molar-refractivity contribution in [3.63, 3.8) is 0 Å². The second-order valence-corrected chi connectivity index (χ2v) is 8.08. The monoisotopic (exact) mass is 383 g/mol. The van der Waals surface area contributed by atoms with E-state index in [0.29, 0.717) is 5.69 Å². The third-order valence-corrected chi connectivity index (χ3v) is 5.67. The molecule has 1 heterocycles. The summed E-state index contributed by atoms with van der Waals surface area (Å²) in [6.07, 6.45) is 0. The lowest BCUT2D eigenvalue weighted by molar-refractivity contribution is 0.0949. The van der Waals surface area contributed by atoms with Crippen LogP contribution in [-0.4, -0.2) is 32.4 Å². The van der Waals surface area contributed by atoms with E-state index in [1.807, 2.05) is 38.1 Å². The van der Waals surface area contributed by atoms with E-state index in [2.05, 4.69) is 15.0 Å². The minimum atomic E-state index is -3.59. The summed E-state index contributed by atoms with van der Waals surface area (Å²) in [6.45, 7) is 4.07. The zero-order chi connectivity index (χ0) is 19.4. The number of hydrogen-bond donors (Lipinski definition) is 2. The Kier molecular flexibility index (Phi) is 5.53. The lowest BCUT2D eigenvalue weighted by atomic mass is 10.1. The second kappa shape index (κ2) is 7.85. The summed E-state index contributed by atoms with van der Waals surface area (Å²) in [5.41, 5.74) is 3.01. The van der Waals surface area contributed by atoms with Crippen LogP contribution in [0.25, 0.3) is 10.9 Å². The quantitative estimate of drug-likeness (QED) is 0.641. The third-order valence-electron chi connectivity index (χ3n) is 4.19. The fourth-order valence-corrected chi connectivity index (χ4v) is 3.75. The maximum atomic E-state index is 12.3. The number of nitrogens with zero attached hydrogens (tertiary/aromatic N) is 1. The molecule has 7 heteroatoms. The number of aryl methyl sites for hydroxylation is 2. The highest BCUT2D eigenvalue weighted by atomic mass is 32.2. The molecule has 0 saturated heterocycles. The number of amides is 1. The van der Waals surface area contributed by atoms with Gasteiger partial charge in [-0.3, -0.25) is 4.79 Å². The number of sulfonamides is 1. The Morgan fingerprint density at radius 3 is 2.44 bits per heavy atom. The predicted octanol–water partition coefficient (Wildman–Crippen LogP) is 2.56. The van der Waals surface area contributed by atoms with Gasteiger partial charge in [0.15, 0.2) is 0 Å². The summed E-state index contributed by atoms with van der Waals surface area (Å²) in [4.78, 5) is 16.9. The molecule has 0 unspecified atom stereocenters. The van der Waals surface area contributed by atoms with Crippen molar-refractivity contribution in [2.75, 3.05) is 13.1 Å². The van der Waals surface area contributed by atoms with Gasteiger partial charge in [0.05, 0.1) is 10.4 Å². The molecular formula is C20H21N3O3S. The molecule has 3 rings (SSSR count). The first-order valence-corrected chi connectivity index (χ1v) is 10.1. The molecule has 0 aliphatic heterocycles. The van der Waals surface area contributed by atoms with Crippen LogP contribution in [0.5, 0.6) is 0 Å². The molecule has 2 aromatic carbocycles. The Labute approximate surface area is 158 Å². The number of fused-ring (bicyclic) bond motifs is 1. The Morgan fingerprint density at radius 2 is 1.70 bits per heavy atom. The lowest BCUT2D eigenvalue weighted by Crippen LogP contribution is -2.35. The van der Waals surface area contributed by atoms with Crippen LogP contribution >= 0.6 is 0 Å². The van der Waals surface area contributed by atoms with Crippen LogP contribution in [0.3, 0.4) is 0 Å². The van der Waals surface area contributed by atoms with Gasteiger partial charge in [0, 0.05) is 18.5 Å². The largest absolute Gasteiger partial charge is 0.349 e. The zero-order valence-electron chi connectivity index (χ0n) is 15.2. The number of rotatable bonds is 6. The molecule has 0 fully saturated rings. The molecule has 0 bridgehead atoms. The summed E-state index contributed by atoms with van der Waals surface area (Å²) in [5.74, 6) is -0.335. The number of carbonyl (C=O) groups excluding carboxylic acids is 1. The van der Waals surface area contributed by atoms with Crippen LogP contribution in [-0.2, 0) is 10.0 Å². The number of aromatic nitrogens is 1. The van der Waals surface area contributed by atoms with Gasteiger partial charge in [-0.25, -0.2) is 18.1 Å². The van der Waals surface area contributed by atoms with Gasteiger partial charge in [0.1, 0.15) is 5.69 Å². The van der Waals surface area contributed by atoms with Gasteiger partial charge in [-0.15, -0.1) is 0 Å². The summed E-state index contributed by atoms with van der Waals surface area (Å²) in [5, 5.41) is 3.70. The minimum Gasteiger partial charge on any atom is -0.349 e. The first kappa shape index (κ1) is 19.0. The fraction of sp³-hybridized carbons (Fsp3) is 0.200. The highest BCUT2D eigenvalue weighted by molar-refractivity contribution is 7.89. The smallest absolute Gasteiger partial charge is 0.269 e. The van der Waals surface area contributed by atoms with Crippen molar-refractivity contribution < 1.29 is 13.2 Å². The molecule has 0 radical (unpaired) electrons. The van der Waals surface area contributed by atoms with E-state index in [4.69, 9.17) is 0 Å². The minimum absolute atomic E-state index is 0.0918. The van der Waals surface area contributed by atoms with E-state index in [9.17, 15) is 13.2 Å². The highest BCUT2D eigenvalue weighted by Gasteiger charge is 2.14. The van der Waals surface area contributed by atoms with Crippen molar-refractivity contribution in [1.29, 1.82) is 0 Å². The molecule has 140 valence electrons. The molecule has 0 atom stereocenters. The molecule has 27 heavy (non-hydrogen) atoms. The van der Waals surface area contributed by atoms with Gasteiger partial charge in [0.25, 0.3) is 5.91 Å². The van der Waals surface area contributed by atoms with Gasteiger partial charge in [0.2, 0.25) is 10.0 Å². The van der Waals surface area contributed by atoms with Crippen molar-refractivity contribution in [2.24, 2.45) is 0 Å².